The number of nitrogens with one attached hydrogen (secondary N) is 1. The van der Waals surface area contributed by atoms with Gasteiger partial charge in [0.15, 0.2) is 4.34 Å². The highest BCUT2D eigenvalue weighted by Gasteiger charge is 2.00. The first-order chi connectivity index (χ1) is 5.36. The van der Waals surface area contributed by atoms with Crippen LogP contribution in [0, 0.1) is 0 Å². The van der Waals surface area contributed by atoms with Crippen molar-refractivity contribution in [3.05, 3.63) is 5.01 Å². The number of hydrogen-bond donors (Lipinski definition) is 1. The average molecular weight is 191 g/mol. The van der Waals surface area contributed by atoms with Gasteiger partial charge in [-0.1, -0.05) is 23.1 Å². The molecule has 0 spiro atoms. The van der Waals surface area contributed by atoms with Crippen molar-refractivity contribution in [2.24, 2.45) is 0 Å². The van der Waals surface area contributed by atoms with Crippen LogP contribution < -0.4 is 5.48 Å². The Morgan fingerprint density at radius 3 is 3.00 bits per heavy atom. The van der Waals surface area contributed by atoms with E-state index < -0.39 is 0 Å². The van der Waals surface area contributed by atoms with E-state index in [2.05, 4.69) is 20.5 Å². The minimum Gasteiger partial charge on any atom is -0.305 e. The summed E-state index contributed by atoms with van der Waals surface area (Å²) in [7, 11) is 1.58. The number of aromatic nitrogens is 2. The van der Waals surface area contributed by atoms with Crippen LogP contribution in [0.1, 0.15) is 5.01 Å². The summed E-state index contributed by atoms with van der Waals surface area (Å²) in [6.07, 6.45) is 1.98. The van der Waals surface area contributed by atoms with Crippen molar-refractivity contribution in [1.82, 2.24) is 15.7 Å². The summed E-state index contributed by atoms with van der Waals surface area (Å²) in [4.78, 5) is 4.67. The van der Waals surface area contributed by atoms with E-state index in [-0.39, 0.29) is 0 Å². The average Bonchev–Trinajstić information content (AvgIpc) is 2.48. The summed E-state index contributed by atoms with van der Waals surface area (Å²) in [5, 5.41) is 8.79. The minimum absolute atomic E-state index is 0.620. The fourth-order valence-corrected chi connectivity index (χ4v) is 1.77. The Kier molecular flexibility index (Phi) is 3.78. The summed E-state index contributed by atoms with van der Waals surface area (Å²) >= 11 is 3.17. The molecule has 0 amide bonds. The first-order valence-corrected chi connectivity index (χ1v) is 5.03. The molecule has 0 atom stereocenters. The van der Waals surface area contributed by atoms with E-state index in [4.69, 9.17) is 0 Å². The second-order valence-electron chi connectivity index (χ2n) is 1.69. The molecule has 4 nitrogen and oxygen atoms in total. The maximum atomic E-state index is 4.67. The van der Waals surface area contributed by atoms with E-state index in [1.165, 1.54) is 0 Å². The Balaban J connectivity index is 2.44. The number of nitrogens with zero attached hydrogens (tertiary/aromatic N) is 2. The van der Waals surface area contributed by atoms with Gasteiger partial charge in [-0.15, -0.1) is 10.2 Å². The summed E-state index contributed by atoms with van der Waals surface area (Å²) in [5.74, 6) is 0. The maximum Gasteiger partial charge on any atom is 0.174 e. The lowest BCUT2D eigenvalue weighted by Gasteiger charge is -1.93. The zero-order valence-electron chi connectivity index (χ0n) is 6.33. The van der Waals surface area contributed by atoms with Gasteiger partial charge in [-0.2, -0.15) is 5.48 Å². The third-order valence-electron chi connectivity index (χ3n) is 0.991. The smallest absolute Gasteiger partial charge is 0.174 e. The second kappa shape index (κ2) is 4.66. The van der Waals surface area contributed by atoms with Gasteiger partial charge in [0, 0.05) is 0 Å². The highest BCUT2D eigenvalue weighted by molar-refractivity contribution is 8.00. The third kappa shape index (κ3) is 2.74. The van der Waals surface area contributed by atoms with E-state index >= 15 is 0 Å². The third-order valence-corrected chi connectivity index (χ3v) is 2.89. The van der Waals surface area contributed by atoms with Crippen LogP contribution in [0.2, 0.25) is 0 Å². The number of hydroxylamine groups is 1. The van der Waals surface area contributed by atoms with Crippen LogP contribution in [0.5, 0.6) is 0 Å². The van der Waals surface area contributed by atoms with E-state index in [1.807, 2.05) is 6.26 Å². The molecule has 1 rings (SSSR count). The van der Waals surface area contributed by atoms with Gasteiger partial charge in [0.25, 0.3) is 0 Å². The van der Waals surface area contributed by atoms with Gasteiger partial charge in [-0.3, -0.25) is 0 Å². The molecule has 11 heavy (non-hydrogen) atoms. The molecule has 6 heteroatoms. The van der Waals surface area contributed by atoms with Crippen molar-refractivity contribution in [3.8, 4) is 0 Å². The Hall–Kier alpha value is -0.170. The van der Waals surface area contributed by atoms with Crippen LogP contribution in [0.25, 0.3) is 0 Å². The molecule has 0 aromatic carbocycles. The lowest BCUT2D eigenvalue weighted by atomic mass is 10.7. The van der Waals surface area contributed by atoms with Crippen LogP contribution in [0.3, 0.4) is 0 Å². The van der Waals surface area contributed by atoms with Crippen LogP contribution in [-0.2, 0) is 11.4 Å². The van der Waals surface area contributed by atoms with Crippen LogP contribution >= 0.6 is 23.1 Å². The SMILES string of the molecule is CONCc1nnc(SC)s1. The molecule has 0 bridgehead atoms. The van der Waals surface area contributed by atoms with Crippen molar-refractivity contribution in [1.29, 1.82) is 0 Å². The van der Waals surface area contributed by atoms with Gasteiger partial charge in [0.05, 0.1) is 13.7 Å². The normalized spacial score (nSPS) is 10.4. The molecule has 0 aliphatic rings. The lowest BCUT2D eigenvalue weighted by molar-refractivity contribution is 0.0865. The predicted octanol–water partition coefficient (Wildman–Crippen LogP) is 0.911. The molecule has 0 aliphatic heterocycles. The van der Waals surface area contributed by atoms with E-state index in [1.54, 1.807) is 30.2 Å². The number of thioether (sulfide) groups is 1. The van der Waals surface area contributed by atoms with Crippen LogP contribution in [-0.4, -0.2) is 23.6 Å². The van der Waals surface area contributed by atoms with Crippen molar-refractivity contribution in [2.45, 2.75) is 10.9 Å². The monoisotopic (exact) mass is 191 g/mol. The topological polar surface area (TPSA) is 47.0 Å². The fraction of sp³-hybridized carbons (Fsp3) is 0.600. The van der Waals surface area contributed by atoms with Crippen molar-refractivity contribution in [2.75, 3.05) is 13.4 Å². The molecule has 1 N–H and O–H groups in total. The van der Waals surface area contributed by atoms with Gasteiger partial charge in [-0.05, 0) is 6.26 Å². The van der Waals surface area contributed by atoms with Crippen LogP contribution in [0.4, 0.5) is 0 Å². The van der Waals surface area contributed by atoms with Crippen molar-refractivity contribution < 1.29 is 4.84 Å². The molecule has 0 unspecified atom stereocenters. The van der Waals surface area contributed by atoms with Gasteiger partial charge in [0.1, 0.15) is 5.01 Å². The van der Waals surface area contributed by atoms with Gasteiger partial charge in [-0.25, -0.2) is 0 Å². The molecular weight excluding hydrogens is 182 g/mol. The fourth-order valence-electron chi connectivity index (χ4n) is 0.526. The van der Waals surface area contributed by atoms with Crippen molar-refractivity contribution in [3.63, 3.8) is 0 Å². The second-order valence-corrected chi connectivity index (χ2v) is 3.81. The molecular formula is C5H9N3OS2. The standard InChI is InChI=1S/C5H9N3OS2/c1-9-6-3-4-7-8-5(10-2)11-4/h6H,3H2,1-2H3. The number of rotatable bonds is 4. The lowest BCUT2D eigenvalue weighted by Crippen LogP contribution is -2.10. The first-order valence-electron chi connectivity index (χ1n) is 2.99. The maximum absolute atomic E-state index is 4.67. The highest BCUT2D eigenvalue weighted by atomic mass is 32.2. The molecule has 62 valence electrons. The molecule has 0 radical (unpaired) electrons. The van der Waals surface area contributed by atoms with Gasteiger partial charge in [0.2, 0.25) is 0 Å². The highest BCUT2D eigenvalue weighted by Crippen LogP contribution is 2.18. The Morgan fingerprint density at radius 1 is 1.64 bits per heavy atom. The van der Waals surface area contributed by atoms with E-state index in [9.17, 15) is 0 Å². The molecule has 0 saturated heterocycles. The Bertz CT molecular complexity index is 215. The predicted molar refractivity (Wildman–Crippen MR) is 45.5 cm³/mol. The summed E-state index contributed by atoms with van der Waals surface area (Å²) in [6, 6.07) is 0. The van der Waals surface area contributed by atoms with E-state index in [0.717, 1.165) is 9.35 Å². The Labute approximate surface area is 73.3 Å². The molecule has 0 saturated carbocycles. The van der Waals surface area contributed by atoms with Gasteiger partial charge >= 0.3 is 0 Å². The van der Waals surface area contributed by atoms with Gasteiger partial charge < -0.3 is 4.84 Å². The summed E-state index contributed by atoms with van der Waals surface area (Å²) in [5.41, 5.74) is 2.70. The zero-order chi connectivity index (χ0) is 8.10. The summed E-state index contributed by atoms with van der Waals surface area (Å²) < 4.78 is 0.984. The minimum atomic E-state index is 0.620. The molecule has 0 fully saturated rings. The van der Waals surface area contributed by atoms with Crippen LogP contribution in [0.15, 0.2) is 4.34 Å². The first kappa shape index (κ1) is 8.92. The van der Waals surface area contributed by atoms with E-state index in [0.29, 0.717) is 6.54 Å². The molecule has 1 aromatic heterocycles. The molecule has 1 heterocycles. The largest absolute Gasteiger partial charge is 0.305 e. The zero-order valence-corrected chi connectivity index (χ0v) is 7.96. The van der Waals surface area contributed by atoms with Crippen molar-refractivity contribution >= 4 is 23.1 Å². The summed E-state index contributed by atoms with van der Waals surface area (Å²) in [6.45, 7) is 0.620. The quantitative estimate of drug-likeness (QED) is 0.566. The number of hydrogen-bond acceptors (Lipinski definition) is 6. The molecule has 1 aromatic rings. The Morgan fingerprint density at radius 2 is 2.45 bits per heavy atom. The molecule has 0 aliphatic carbocycles.